The molecule has 3 aromatic rings. The Kier molecular flexibility index (Phi) is 6.53. The van der Waals surface area contributed by atoms with E-state index < -0.39 is 5.41 Å². The van der Waals surface area contributed by atoms with Crippen molar-refractivity contribution in [1.82, 2.24) is 9.88 Å². The van der Waals surface area contributed by atoms with Crippen molar-refractivity contribution in [2.24, 2.45) is 0 Å². The smallest absolute Gasteiger partial charge is 0.318 e. The summed E-state index contributed by atoms with van der Waals surface area (Å²) in [4.78, 5) is 19.1. The maximum absolute atomic E-state index is 13.0. The molecule has 2 aromatic carbocycles. The molecule has 6 heteroatoms. The summed E-state index contributed by atoms with van der Waals surface area (Å²) >= 11 is 1.60. The van der Waals surface area contributed by atoms with Crippen molar-refractivity contribution in [2.75, 3.05) is 5.32 Å². The number of nitrogens with zero attached hydrogens (tertiary/aromatic N) is 3. The van der Waals surface area contributed by atoms with Crippen molar-refractivity contribution in [1.29, 1.82) is 5.26 Å². The predicted molar refractivity (Wildman–Crippen MR) is 122 cm³/mol. The van der Waals surface area contributed by atoms with Crippen molar-refractivity contribution >= 4 is 23.1 Å². The van der Waals surface area contributed by atoms with Crippen molar-refractivity contribution in [3.8, 4) is 16.6 Å². The number of rotatable bonds is 6. The molecule has 0 spiro atoms. The third-order valence-electron chi connectivity index (χ3n) is 4.98. The minimum atomic E-state index is -0.561. The van der Waals surface area contributed by atoms with E-state index in [0.29, 0.717) is 12.2 Å². The number of amides is 2. The quantitative estimate of drug-likeness (QED) is 0.529. The van der Waals surface area contributed by atoms with Gasteiger partial charge in [0.05, 0.1) is 11.5 Å². The minimum absolute atomic E-state index is 0.0327. The number of hydrogen-bond acceptors (Lipinski definition) is 4. The van der Waals surface area contributed by atoms with E-state index in [9.17, 15) is 10.1 Å². The van der Waals surface area contributed by atoms with Crippen LogP contribution in [0, 0.1) is 11.3 Å². The molecule has 0 saturated heterocycles. The Morgan fingerprint density at radius 3 is 2.57 bits per heavy atom. The van der Waals surface area contributed by atoms with E-state index in [0.717, 1.165) is 21.7 Å². The highest BCUT2D eigenvalue weighted by Crippen LogP contribution is 2.25. The highest BCUT2D eigenvalue weighted by atomic mass is 32.1. The second-order valence-electron chi connectivity index (χ2n) is 8.00. The van der Waals surface area contributed by atoms with Crippen molar-refractivity contribution in [3.05, 3.63) is 71.2 Å². The van der Waals surface area contributed by atoms with Gasteiger partial charge in [0, 0.05) is 35.4 Å². The van der Waals surface area contributed by atoms with E-state index >= 15 is 0 Å². The fourth-order valence-electron chi connectivity index (χ4n) is 3.08. The molecule has 0 fully saturated rings. The summed E-state index contributed by atoms with van der Waals surface area (Å²) in [7, 11) is 0. The van der Waals surface area contributed by atoms with E-state index in [-0.39, 0.29) is 12.1 Å². The number of thiazole rings is 1. The van der Waals surface area contributed by atoms with Crippen LogP contribution < -0.4 is 5.32 Å². The molecule has 2 amide bonds. The fraction of sp³-hybridized carbons (Fsp3) is 0.292. The molecule has 0 saturated carbocycles. The minimum Gasteiger partial charge on any atom is -0.318 e. The molecular weight excluding hydrogens is 392 g/mol. The van der Waals surface area contributed by atoms with Gasteiger partial charge in [0.1, 0.15) is 5.01 Å². The van der Waals surface area contributed by atoms with Crippen LogP contribution >= 0.6 is 11.3 Å². The van der Waals surface area contributed by atoms with Gasteiger partial charge in [0.15, 0.2) is 0 Å². The Balaban J connectivity index is 1.73. The molecular formula is C24H26N4OS. The Labute approximate surface area is 182 Å². The van der Waals surface area contributed by atoms with Gasteiger partial charge in [-0.25, -0.2) is 9.78 Å². The van der Waals surface area contributed by atoms with Crippen LogP contribution in [-0.2, 0) is 12.0 Å². The lowest BCUT2D eigenvalue weighted by atomic mass is 9.86. The number of anilines is 1. The second-order valence-corrected chi connectivity index (χ2v) is 8.90. The van der Waals surface area contributed by atoms with Gasteiger partial charge < -0.3 is 10.2 Å². The largest absolute Gasteiger partial charge is 0.322 e. The molecule has 1 N–H and O–H groups in total. The molecule has 0 aliphatic rings. The van der Waals surface area contributed by atoms with Crippen LogP contribution in [0.15, 0.2) is 60.1 Å². The Morgan fingerprint density at radius 1 is 1.23 bits per heavy atom. The summed E-state index contributed by atoms with van der Waals surface area (Å²) in [6.45, 7) is 8.26. The first-order chi connectivity index (χ1) is 14.3. The average Bonchev–Trinajstić information content (AvgIpc) is 3.27. The first kappa shape index (κ1) is 21.5. The zero-order valence-corrected chi connectivity index (χ0v) is 18.5. The van der Waals surface area contributed by atoms with Gasteiger partial charge in [-0.1, -0.05) is 30.3 Å². The van der Waals surface area contributed by atoms with Gasteiger partial charge in [-0.15, -0.1) is 11.3 Å². The van der Waals surface area contributed by atoms with Gasteiger partial charge in [0.25, 0.3) is 0 Å². The van der Waals surface area contributed by atoms with Gasteiger partial charge in [0.2, 0.25) is 0 Å². The van der Waals surface area contributed by atoms with Crippen LogP contribution in [0.3, 0.4) is 0 Å². The molecule has 154 valence electrons. The van der Waals surface area contributed by atoms with Crippen molar-refractivity contribution < 1.29 is 4.79 Å². The highest BCUT2D eigenvalue weighted by Gasteiger charge is 2.21. The molecule has 0 aliphatic heterocycles. The number of urea groups is 1. The number of nitrogens with one attached hydrogen (secondary N) is 1. The topological polar surface area (TPSA) is 69.0 Å². The van der Waals surface area contributed by atoms with E-state index in [4.69, 9.17) is 0 Å². The third kappa shape index (κ3) is 5.05. The van der Waals surface area contributed by atoms with Gasteiger partial charge in [-0.05, 0) is 57.0 Å². The number of carbonyl (C=O) groups excluding carboxylic acids is 1. The molecule has 0 radical (unpaired) electrons. The average molecular weight is 419 g/mol. The van der Waals surface area contributed by atoms with Gasteiger partial charge >= 0.3 is 6.03 Å². The normalized spacial score (nSPS) is 11.2. The van der Waals surface area contributed by atoms with E-state index in [2.05, 4.69) is 22.4 Å². The molecule has 1 aromatic heterocycles. The third-order valence-corrected chi connectivity index (χ3v) is 5.80. The van der Waals surface area contributed by atoms with Gasteiger partial charge in [-0.3, -0.25) is 0 Å². The van der Waals surface area contributed by atoms with E-state index in [1.807, 2.05) is 75.5 Å². The Morgan fingerprint density at radius 2 is 1.97 bits per heavy atom. The number of hydrogen-bond donors (Lipinski definition) is 1. The molecule has 0 aliphatic carbocycles. The summed E-state index contributed by atoms with van der Waals surface area (Å²) in [5.74, 6) is 0. The lowest BCUT2D eigenvalue weighted by molar-refractivity contribution is 0.193. The summed E-state index contributed by atoms with van der Waals surface area (Å²) < 4.78 is 0. The standard InChI is InChI=1S/C24H26N4OS/c1-17(2)28(15-18-6-5-7-19(14-18)22-26-12-13-30-22)23(29)27-21-10-8-20(9-11-21)24(3,4)16-25/h5-14,17H,15H2,1-4H3,(H,27,29). The molecule has 0 unspecified atom stereocenters. The number of benzene rings is 2. The van der Waals surface area contributed by atoms with Crippen molar-refractivity contribution in [2.45, 2.75) is 45.7 Å². The number of aromatic nitrogens is 1. The zero-order valence-electron chi connectivity index (χ0n) is 17.7. The van der Waals surface area contributed by atoms with Crippen LogP contribution in [0.2, 0.25) is 0 Å². The lowest BCUT2D eigenvalue weighted by Crippen LogP contribution is -2.39. The molecule has 30 heavy (non-hydrogen) atoms. The fourth-order valence-corrected chi connectivity index (χ4v) is 3.72. The van der Waals surface area contributed by atoms with E-state index in [1.165, 1.54) is 0 Å². The maximum atomic E-state index is 13.0. The monoisotopic (exact) mass is 418 g/mol. The second kappa shape index (κ2) is 9.10. The van der Waals surface area contributed by atoms with Crippen molar-refractivity contribution in [3.63, 3.8) is 0 Å². The lowest BCUT2D eigenvalue weighted by Gasteiger charge is -2.27. The van der Waals surface area contributed by atoms with Crippen LogP contribution in [0.1, 0.15) is 38.8 Å². The van der Waals surface area contributed by atoms with Crippen LogP contribution in [0.25, 0.3) is 10.6 Å². The van der Waals surface area contributed by atoms with E-state index in [1.54, 1.807) is 22.4 Å². The number of nitriles is 1. The Bertz CT molecular complexity index is 1030. The molecule has 3 rings (SSSR count). The summed E-state index contributed by atoms with van der Waals surface area (Å²) in [6.07, 6.45) is 1.80. The maximum Gasteiger partial charge on any atom is 0.322 e. The summed E-state index contributed by atoms with van der Waals surface area (Å²) in [5, 5.41) is 15.2. The van der Waals surface area contributed by atoms with Crippen LogP contribution in [-0.4, -0.2) is 22.0 Å². The van der Waals surface area contributed by atoms with Crippen LogP contribution in [0.5, 0.6) is 0 Å². The predicted octanol–water partition coefficient (Wildman–Crippen LogP) is 6.05. The molecule has 1 heterocycles. The number of carbonyl (C=O) groups is 1. The Hall–Kier alpha value is -3.17. The SMILES string of the molecule is CC(C)N(Cc1cccc(-c2nccs2)c1)C(=O)Nc1ccc(C(C)(C)C#N)cc1. The first-order valence-electron chi connectivity index (χ1n) is 9.88. The first-order valence-corrected chi connectivity index (χ1v) is 10.8. The summed E-state index contributed by atoms with van der Waals surface area (Å²) in [6, 6.07) is 17.8. The van der Waals surface area contributed by atoms with Crippen LogP contribution in [0.4, 0.5) is 10.5 Å². The molecule has 0 atom stereocenters. The van der Waals surface area contributed by atoms with Gasteiger partial charge in [-0.2, -0.15) is 5.26 Å². The zero-order chi connectivity index (χ0) is 21.7. The molecule has 5 nitrogen and oxygen atoms in total. The molecule has 0 bridgehead atoms. The highest BCUT2D eigenvalue weighted by molar-refractivity contribution is 7.13. The summed E-state index contributed by atoms with van der Waals surface area (Å²) in [5.41, 5.74) is 3.18.